The lowest BCUT2D eigenvalue weighted by atomic mass is 9.88. The van der Waals surface area contributed by atoms with Gasteiger partial charge in [0, 0.05) is 23.0 Å². The largest absolute Gasteiger partial charge is 0.301 e. The second-order valence-corrected chi connectivity index (χ2v) is 6.06. The summed E-state index contributed by atoms with van der Waals surface area (Å²) in [5, 5.41) is 0. The van der Waals surface area contributed by atoms with Crippen LogP contribution >= 0.6 is 15.9 Å². The molecule has 0 bridgehead atoms. The summed E-state index contributed by atoms with van der Waals surface area (Å²) < 4.78 is 1.12. The number of halogens is 1. The van der Waals surface area contributed by atoms with E-state index in [1.807, 2.05) is 39.1 Å². The molecule has 0 aliphatic heterocycles. The number of benzene rings is 1. The molecule has 0 saturated carbocycles. The Morgan fingerprint density at radius 2 is 1.94 bits per heavy atom. The van der Waals surface area contributed by atoms with E-state index in [4.69, 9.17) is 0 Å². The number of hydrogen-bond acceptors (Lipinski definition) is 2. The van der Waals surface area contributed by atoms with Crippen molar-refractivity contribution in [1.82, 2.24) is 4.90 Å². The van der Waals surface area contributed by atoms with E-state index in [2.05, 4.69) is 26.9 Å². The van der Waals surface area contributed by atoms with Crippen molar-refractivity contribution in [2.75, 3.05) is 13.6 Å². The Labute approximate surface area is 112 Å². The lowest BCUT2D eigenvalue weighted by Crippen LogP contribution is -2.35. The van der Waals surface area contributed by atoms with E-state index in [0.717, 1.165) is 17.6 Å². The highest BCUT2D eigenvalue weighted by Gasteiger charge is 2.25. The minimum absolute atomic E-state index is 0.233. The number of carbonyl (C=O) groups is 1. The maximum absolute atomic E-state index is 11.5. The van der Waals surface area contributed by atoms with Gasteiger partial charge in [0.1, 0.15) is 5.78 Å². The second kappa shape index (κ2) is 5.78. The van der Waals surface area contributed by atoms with E-state index in [1.165, 1.54) is 5.56 Å². The van der Waals surface area contributed by atoms with Crippen LogP contribution in [-0.2, 0) is 11.3 Å². The van der Waals surface area contributed by atoms with Crippen LogP contribution in [0.5, 0.6) is 0 Å². The lowest BCUT2D eigenvalue weighted by molar-refractivity contribution is -0.125. The van der Waals surface area contributed by atoms with Gasteiger partial charge in [0.2, 0.25) is 0 Å². The van der Waals surface area contributed by atoms with Gasteiger partial charge >= 0.3 is 0 Å². The number of hydrogen-bond donors (Lipinski definition) is 0. The maximum Gasteiger partial charge on any atom is 0.136 e. The Hall–Kier alpha value is -0.670. The fraction of sp³-hybridized carbons (Fsp3) is 0.500. The highest BCUT2D eigenvalue weighted by molar-refractivity contribution is 9.10. The van der Waals surface area contributed by atoms with Crippen molar-refractivity contribution in [3.63, 3.8) is 0 Å². The van der Waals surface area contributed by atoms with Crippen molar-refractivity contribution in [1.29, 1.82) is 0 Å². The number of Topliss-reactive ketones (excluding diaryl/α,β-unsaturated/α-hetero) is 1. The smallest absolute Gasteiger partial charge is 0.136 e. The number of rotatable bonds is 5. The first-order valence-electron chi connectivity index (χ1n) is 5.76. The van der Waals surface area contributed by atoms with E-state index in [1.54, 1.807) is 6.92 Å². The van der Waals surface area contributed by atoms with Crippen molar-refractivity contribution in [2.24, 2.45) is 5.41 Å². The molecule has 0 aliphatic rings. The summed E-state index contributed by atoms with van der Waals surface area (Å²) in [6.45, 7) is 7.26. The van der Waals surface area contributed by atoms with Crippen LogP contribution in [0.15, 0.2) is 28.7 Å². The van der Waals surface area contributed by atoms with Crippen molar-refractivity contribution < 1.29 is 4.79 Å². The van der Waals surface area contributed by atoms with Crippen LogP contribution in [0.1, 0.15) is 26.3 Å². The topological polar surface area (TPSA) is 20.3 Å². The fourth-order valence-electron chi connectivity index (χ4n) is 1.76. The predicted octanol–water partition coefficient (Wildman–Crippen LogP) is 3.50. The zero-order valence-electron chi connectivity index (χ0n) is 11.0. The van der Waals surface area contributed by atoms with E-state index in [-0.39, 0.29) is 11.2 Å². The highest BCUT2D eigenvalue weighted by atomic mass is 79.9. The van der Waals surface area contributed by atoms with E-state index < -0.39 is 0 Å². The summed E-state index contributed by atoms with van der Waals surface area (Å²) >= 11 is 3.54. The number of nitrogens with zero attached hydrogens (tertiary/aromatic N) is 1. The zero-order valence-corrected chi connectivity index (χ0v) is 12.5. The summed E-state index contributed by atoms with van der Waals surface area (Å²) in [4.78, 5) is 13.7. The third-order valence-corrected chi connectivity index (χ3v) is 3.79. The molecule has 17 heavy (non-hydrogen) atoms. The summed E-state index contributed by atoms with van der Waals surface area (Å²) in [6.07, 6.45) is 0. The molecular formula is C14H20BrNO. The first-order chi connectivity index (χ1) is 7.83. The van der Waals surface area contributed by atoms with Crippen LogP contribution in [0.3, 0.4) is 0 Å². The van der Waals surface area contributed by atoms with Crippen LogP contribution < -0.4 is 0 Å². The summed E-state index contributed by atoms with van der Waals surface area (Å²) in [5.41, 5.74) is 0.963. The van der Waals surface area contributed by atoms with E-state index >= 15 is 0 Å². The molecule has 0 aliphatic carbocycles. The van der Waals surface area contributed by atoms with Crippen LogP contribution in [0.25, 0.3) is 0 Å². The molecule has 0 aromatic heterocycles. The first-order valence-corrected chi connectivity index (χ1v) is 6.55. The molecule has 0 amide bonds. The van der Waals surface area contributed by atoms with Crippen LogP contribution in [0.4, 0.5) is 0 Å². The average Bonchev–Trinajstić information content (AvgIpc) is 2.20. The molecule has 0 unspecified atom stereocenters. The number of carbonyl (C=O) groups excluding carboxylic acids is 1. The Bertz CT molecular complexity index is 401. The molecule has 0 atom stereocenters. The van der Waals surface area contributed by atoms with Gasteiger partial charge in [-0.15, -0.1) is 0 Å². The summed E-state index contributed by atoms with van der Waals surface area (Å²) in [5.74, 6) is 0.233. The third kappa shape index (κ3) is 4.25. The van der Waals surface area contributed by atoms with E-state index in [9.17, 15) is 4.79 Å². The molecule has 0 radical (unpaired) electrons. The van der Waals surface area contributed by atoms with Gasteiger partial charge in [0.15, 0.2) is 0 Å². The minimum atomic E-state index is -0.282. The monoisotopic (exact) mass is 297 g/mol. The molecule has 0 heterocycles. The van der Waals surface area contributed by atoms with Gasteiger partial charge in [0.25, 0.3) is 0 Å². The summed E-state index contributed by atoms with van der Waals surface area (Å²) in [6, 6.07) is 8.18. The van der Waals surface area contributed by atoms with Crippen LogP contribution in [0, 0.1) is 5.41 Å². The van der Waals surface area contributed by atoms with Crippen LogP contribution in [-0.4, -0.2) is 24.3 Å². The Kier molecular flexibility index (Phi) is 4.90. The second-order valence-electron chi connectivity index (χ2n) is 5.20. The standard InChI is InChI=1S/C14H20BrNO/c1-11(17)14(2,3)10-16(4)9-12-7-5-6-8-13(12)15/h5-8H,9-10H2,1-4H3. The van der Waals surface area contributed by atoms with Gasteiger partial charge in [-0.3, -0.25) is 4.79 Å². The van der Waals surface area contributed by atoms with Gasteiger partial charge in [-0.2, -0.15) is 0 Å². The molecule has 2 nitrogen and oxygen atoms in total. The first kappa shape index (κ1) is 14.4. The SMILES string of the molecule is CC(=O)C(C)(C)CN(C)Cc1ccccc1Br. The highest BCUT2D eigenvalue weighted by Crippen LogP contribution is 2.21. The third-order valence-electron chi connectivity index (χ3n) is 3.02. The molecule has 0 spiro atoms. The summed E-state index contributed by atoms with van der Waals surface area (Å²) in [7, 11) is 2.05. The van der Waals surface area contributed by atoms with Crippen molar-refractivity contribution in [3.8, 4) is 0 Å². The molecule has 0 saturated heterocycles. The molecular weight excluding hydrogens is 278 g/mol. The van der Waals surface area contributed by atoms with Crippen molar-refractivity contribution in [3.05, 3.63) is 34.3 Å². The van der Waals surface area contributed by atoms with Gasteiger partial charge in [-0.05, 0) is 25.6 Å². The molecule has 1 aromatic carbocycles. The molecule has 1 aromatic rings. The Morgan fingerprint density at radius 3 is 2.47 bits per heavy atom. The van der Waals surface area contributed by atoms with Gasteiger partial charge in [0.05, 0.1) is 0 Å². The normalized spacial score (nSPS) is 11.9. The van der Waals surface area contributed by atoms with Crippen LogP contribution in [0.2, 0.25) is 0 Å². The zero-order chi connectivity index (χ0) is 13.1. The van der Waals surface area contributed by atoms with Gasteiger partial charge in [-0.1, -0.05) is 48.0 Å². The lowest BCUT2D eigenvalue weighted by Gasteiger charge is -2.28. The molecule has 3 heteroatoms. The Balaban J connectivity index is 2.65. The molecule has 94 valence electrons. The maximum atomic E-state index is 11.5. The van der Waals surface area contributed by atoms with Gasteiger partial charge in [-0.25, -0.2) is 0 Å². The molecule has 0 N–H and O–H groups in total. The fourth-order valence-corrected chi connectivity index (χ4v) is 2.17. The molecule has 0 fully saturated rings. The molecule has 1 rings (SSSR count). The van der Waals surface area contributed by atoms with Gasteiger partial charge < -0.3 is 4.90 Å². The van der Waals surface area contributed by atoms with E-state index in [0.29, 0.717) is 0 Å². The number of ketones is 1. The Morgan fingerprint density at radius 1 is 1.35 bits per heavy atom. The predicted molar refractivity (Wildman–Crippen MR) is 74.9 cm³/mol. The average molecular weight is 298 g/mol. The van der Waals surface area contributed by atoms with Crippen molar-refractivity contribution >= 4 is 21.7 Å². The van der Waals surface area contributed by atoms with Crippen molar-refractivity contribution in [2.45, 2.75) is 27.3 Å². The quantitative estimate of drug-likeness (QED) is 0.829. The minimum Gasteiger partial charge on any atom is -0.301 e.